The lowest BCUT2D eigenvalue weighted by Gasteiger charge is -2.23. The van der Waals surface area contributed by atoms with Crippen molar-refractivity contribution in [1.82, 2.24) is 9.80 Å². The molecule has 0 spiro atoms. The van der Waals surface area contributed by atoms with Crippen LogP contribution in [-0.4, -0.2) is 58.8 Å². The van der Waals surface area contributed by atoms with Gasteiger partial charge in [0.1, 0.15) is 6.54 Å². The number of carbonyl (C=O) groups is 3. The van der Waals surface area contributed by atoms with E-state index >= 15 is 0 Å². The van der Waals surface area contributed by atoms with Gasteiger partial charge in [-0.3, -0.25) is 14.4 Å². The van der Waals surface area contributed by atoms with Gasteiger partial charge < -0.3 is 15.1 Å². The van der Waals surface area contributed by atoms with Gasteiger partial charge >= 0.3 is 0 Å². The van der Waals surface area contributed by atoms with Crippen LogP contribution in [0.2, 0.25) is 5.02 Å². The number of rotatable bonds is 6. The van der Waals surface area contributed by atoms with Gasteiger partial charge in [0.05, 0.1) is 6.54 Å². The van der Waals surface area contributed by atoms with E-state index in [1.165, 1.54) is 21.6 Å². The molecule has 1 aromatic rings. The molecule has 8 heteroatoms. The second-order valence-corrected chi connectivity index (χ2v) is 6.93. The van der Waals surface area contributed by atoms with E-state index in [1.807, 2.05) is 13.0 Å². The normalized spacial score (nSPS) is 14.0. The van der Waals surface area contributed by atoms with Crippen LogP contribution in [0.4, 0.5) is 10.5 Å². The van der Waals surface area contributed by atoms with Crippen LogP contribution in [0.15, 0.2) is 18.2 Å². The number of amides is 3. The van der Waals surface area contributed by atoms with E-state index in [-0.39, 0.29) is 30.1 Å². The molecule has 1 aromatic carbocycles. The molecule has 3 amide bonds. The molecule has 6 nitrogen and oxygen atoms in total. The van der Waals surface area contributed by atoms with Crippen LogP contribution in [-0.2, 0) is 9.59 Å². The number of nitrogens with zero attached hydrogens (tertiary/aromatic N) is 2. The molecular formula is C16H20ClN3O3S. The molecule has 0 bridgehead atoms. The largest absolute Gasteiger partial charge is 0.332 e. The van der Waals surface area contributed by atoms with E-state index in [0.29, 0.717) is 29.6 Å². The number of likely N-dealkylation sites (N-methyl/N-ethyl adjacent to an activating group) is 1. The third kappa shape index (κ3) is 4.88. The molecule has 1 saturated heterocycles. The first-order chi connectivity index (χ1) is 11.4. The van der Waals surface area contributed by atoms with Gasteiger partial charge in [-0.25, -0.2) is 0 Å². The Morgan fingerprint density at radius 3 is 2.79 bits per heavy atom. The van der Waals surface area contributed by atoms with Gasteiger partial charge in [0, 0.05) is 29.6 Å². The Morgan fingerprint density at radius 2 is 2.17 bits per heavy atom. The zero-order valence-electron chi connectivity index (χ0n) is 13.7. The highest BCUT2D eigenvalue weighted by Crippen LogP contribution is 2.20. The molecule has 1 N–H and O–H groups in total. The molecule has 0 aromatic heterocycles. The highest BCUT2D eigenvalue weighted by molar-refractivity contribution is 8.13. The molecule has 130 valence electrons. The van der Waals surface area contributed by atoms with Crippen molar-refractivity contribution < 1.29 is 14.4 Å². The summed E-state index contributed by atoms with van der Waals surface area (Å²) in [6.45, 7) is 4.60. The van der Waals surface area contributed by atoms with Gasteiger partial charge in [-0.2, -0.15) is 0 Å². The Kier molecular flexibility index (Phi) is 6.51. The van der Waals surface area contributed by atoms with Gasteiger partial charge in [0.2, 0.25) is 11.8 Å². The summed E-state index contributed by atoms with van der Waals surface area (Å²) in [5.74, 6) is 0.177. The fourth-order valence-corrected chi connectivity index (χ4v) is 3.30. The predicted octanol–water partition coefficient (Wildman–Crippen LogP) is 2.60. The summed E-state index contributed by atoms with van der Waals surface area (Å²) in [6.07, 6.45) is 0. The van der Waals surface area contributed by atoms with Crippen LogP contribution in [0.1, 0.15) is 12.5 Å². The molecule has 24 heavy (non-hydrogen) atoms. The fraction of sp³-hybridized carbons (Fsp3) is 0.438. The summed E-state index contributed by atoms with van der Waals surface area (Å²) in [5.41, 5.74) is 1.52. The van der Waals surface area contributed by atoms with Gasteiger partial charge in [0.25, 0.3) is 5.24 Å². The van der Waals surface area contributed by atoms with Crippen molar-refractivity contribution in [2.24, 2.45) is 0 Å². The zero-order chi connectivity index (χ0) is 17.7. The third-order valence-electron chi connectivity index (χ3n) is 3.71. The maximum Gasteiger partial charge on any atom is 0.282 e. The summed E-state index contributed by atoms with van der Waals surface area (Å²) in [6, 6.07) is 5.24. The second-order valence-electron chi connectivity index (χ2n) is 5.45. The number of thioether (sulfide) groups is 1. The number of aryl methyl sites for hydroxylation is 1. The summed E-state index contributed by atoms with van der Waals surface area (Å²) in [7, 11) is 0. The monoisotopic (exact) mass is 369 g/mol. The van der Waals surface area contributed by atoms with Crippen molar-refractivity contribution >= 4 is 46.1 Å². The number of anilines is 1. The van der Waals surface area contributed by atoms with Crippen molar-refractivity contribution in [3.8, 4) is 0 Å². The Bertz CT molecular complexity index is 653. The van der Waals surface area contributed by atoms with Gasteiger partial charge in [0.15, 0.2) is 0 Å². The van der Waals surface area contributed by atoms with E-state index in [0.717, 1.165) is 5.56 Å². The third-order valence-corrected chi connectivity index (χ3v) is 4.84. The molecule has 0 radical (unpaired) electrons. The van der Waals surface area contributed by atoms with Crippen molar-refractivity contribution in [1.29, 1.82) is 0 Å². The first-order valence-electron chi connectivity index (χ1n) is 7.66. The molecule has 1 heterocycles. The molecular weight excluding hydrogens is 350 g/mol. The highest BCUT2D eigenvalue weighted by atomic mass is 35.5. The van der Waals surface area contributed by atoms with Crippen molar-refractivity contribution in [2.75, 3.05) is 37.2 Å². The predicted molar refractivity (Wildman–Crippen MR) is 96.5 cm³/mol. The first-order valence-corrected chi connectivity index (χ1v) is 9.02. The first kappa shape index (κ1) is 18.6. The number of nitrogens with one attached hydrogen (secondary N) is 1. The molecule has 0 unspecified atom stereocenters. The number of hydrogen-bond donors (Lipinski definition) is 1. The number of carbonyl (C=O) groups excluding carboxylic acids is 3. The smallest absolute Gasteiger partial charge is 0.282 e. The topological polar surface area (TPSA) is 69.7 Å². The lowest BCUT2D eigenvalue weighted by molar-refractivity contribution is -0.134. The molecule has 0 atom stereocenters. The SMILES string of the molecule is CCN(CC(=O)Nc1cc(Cl)ccc1C)C(=O)CN1CCSC1=O. The fourth-order valence-electron chi connectivity index (χ4n) is 2.30. The lowest BCUT2D eigenvalue weighted by Crippen LogP contribution is -2.43. The van der Waals surface area contributed by atoms with Gasteiger partial charge in [-0.05, 0) is 31.5 Å². The highest BCUT2D eigenvalue weighted by Gasteiger charge is 2.26. The number of hydrogen-bond acceptors (Lipinski definition) is 4. The Balaban J connectivity index is 1.93. The van der Waals surface area contributed by atoms with Crippen LogP contribution < -0.4 is 5.32 Å². The molecule has 0 aliphatic carbocycles. The van der Waals surface area contributed by atoms with Gasteiger partial charge in [-0.1, -0.05) is 29.4 Å². The Labute approximate surface area is 150 Å². The number of halogens is 1. The van der Waals surface area contributed by atoms with Crippen molar-refractivity contribution in [3.05, 3.63) is 28.8 Å². The van der Waals surface area contributed by atoms with Gasteiger partial charge in [-0.15, -0.1) is 0 Å². The number of benzene rings is 1. The quantitative estimate of drug-likeness (QED) is 0.836. The lowest BCUT2D eigenvalue weighted by atomic mass is 10.2. The van der Waals surface area contributed by atoms with Crippen LogP contribution in [0.5, 0.6) is 0 Å². The summed E-state index contributed by atoms with van der Waals surface area (Å²) in [5, 5.41) is 3.22. The summed E-state index contributed by atoms with van der Waals surface area (Å²) in [4.78, 5) is 39.0. The van der Waals surface area contributed by atoms with Crippen LogP contribution >= 0.6 is 23.4 Å². The maximum absolute atomic E-state index is 12.3. The maximum atomic E-state index is 12.3. The minimum absolute atomic E-state index is 0.0170. The van der Waals surface area contributed by atoms with E-state index in [4.69, 9.17) is 11.6 Å². The van der Waals surface area contributed by atoms with Crippen LogP contribution in [0, 0.1) is 6.92 Å². The van der Waals surface area contributed by atoms with Crippen LogP contribution in [0.3, 0.4) is 0 Å². The molecule has 1 aliphatic rings. The van der Waals surface area contributed by atoms with Crippen LogP contribution in [0.25, 0.3) is 0 Å². The molecule has 2 rings (SSSR count). The zero-order valence-corrected chi connectivity index (χ0v) is 15.2. The Hall–Kier alpha value is -1.73. The Morgan fingerprint density at radius 1 is 1.42 bits per heavy atom. The van der Waals surface area contributed by atoms with E-state index in [9.17, 15) is 14.4 Å². The standard InChI is InChI=1S/C16H20ClN3O3S/c1-3-19(15(22)10-20-6-7-24-16(20)23)9-14(21)18-13-8-12(17)5-4-11(13)2/h4-5,8H,3,6-7,9-10H2,1-2H3,(H,18,21). The average Bonchev–Trinajstić information content (AvgIpc) is 2.93. The minimum atomic E-state index is -0.294. The molecule has 0 saturated carbocycles. The summed E-state index contributed by atoms with van der Waals surface area (Å²) < 4.78 is 0. The van der Waals surface area contributed by atoms with Crippen molar-refractivity contribution in [3.63, 3.8) is 0 Å². The molecule has 1 aliphatic heterocycles. The average molecular weight is 370 g/mol. The van der Waals surface area contributed by atoms with E-state index in [2.05, 4.69) is 5.32 Å². The van der Waals surface area contributed by atoms with E-state index in [1.54, 1.807) is 19.1 Å². The van der Waals surface area contributed by atoms with Crippen molar-refractivity contribution in [2.45, 2.75) is 13.8 Å². The minimum Gasteiger partial charge on any atom is -0.332 e. The second kappa shape index (κ2) is 8.39. The molecule has 1 fully saturated rings. The summed E-state index contributed by atoms with van der Waals surface area (Å²) >= 11 is 7.15. The van der Waals surface area contributed by atoms with E-state index < -0.39 is 0 Å².